The summed E-state index contributed by atoms with van der Waals surface area (Å²) >= 11 is 0. The highest BCUT2D eigenvalue weighted by molar-refractivity contribution is 5.68. The Labute approximate surface area is 185 Å². The van der Waals surface area contributed by atoms with Crippen LogP contribution in [0.1, 0.15) is 40.5 Å². The van der Waals surface area contributed by atoms with Gasteiger partial charge in [-0.1, -0.05) is 0 Å². The lowest BCUT2D eigenvalue weighted by atomic mass is 9.96. The predicted molar refractivity (Wildman–Crippen MR) is 123 cm³/mol. The number of likely N-dealkylation sites (tertiary alicyclic amines) is 1. The van der Waals surface area contributed by atoms with Crippen molar-refractivity contribution < 1.29 is 9.53 Å². The molecular formula is C23H34N6O2. The minimum atomic E-state index is -0.457. The maximum atomic E-state index is 12.3. The van der Waals surface area contributed by atoms with Gasteiger partial charge in [-0.2, -0.15) is 0 Å². The van der Waals surface area contributed by atoms with Crippen LogP contribution in [0.2, 0.25) is 0 Å². The van der Waals surface area contributed by atoms with E-state index in [0.29, 0.717) is 5.92 Å². The molecule has 1 saturated heterocycles. The first-order valence-electron chi connectivity index (χ1n) is 11.0. The molecule has 1 aliphatic heterocycles. The number of rotatable bonds is 6. The minimum Gasteiger partial charge on any atom is -0.444 e. The van der Waals surface area contributed by atoms with Crippen molar-refractivity contribution in [2.45, 2.75) is 46.1 Å². The summed E-state index contributed by atoms with van der Waals surface area (Å²) in [5, 5.41) is 0. The van der Waals surface area contributed by atoms with Gasteiger partial charge in [0.1, 0.15) is 23.6 Å². The topological polar surface area (TPSA) is 74.7 Å². The molecular weight excluding hydrogens is 392 g/mol. The van der Waals surface area contributed by atoms with Gasteiger partial charge in [0.25, 0.3) is 0 Å². The van der Waals surface area contributed by atoms with E-state index in [9.17, 15) is 4.79 Å². The Balaban J connectivity index is 1.59. The average molecular weight is 427 g/mol. The molecule has 0 aliphatic carbocycles. The van der Waals surface area contributed by atoms with Crippen molar-refractivity contribution in [3.8, 4) is 0 Å². The molecule has 2 aromatic heterocycles. The van der Waals surface area contributed by atoms with E-state index in [1.807, 2.05) is 43.9 Å². The fourth-order valence-corrected chi connectivity index (χ4v) is 3.80. The van der Waals surface area contributed by atoms with E-state index in [0.717, 1.165) is 56.3 Å². The van der Waals surface area contributed by atoms with Gasteiger partial charge in [-0.05, 0) is 58.6 Å². The quantitative estimate of drug-likeness (QED) is 0.688. The summed E-state index contributed by atoms with van der Waals surface area (Å²) in [5.74, 6) is 2.27. The van der Waals surface area contributed by atoms with Crippen LogP contribution in [0, 0.1) is 5.92 Å². The van der Waals surface area contributed by atoms with Crippen LogP contribution in [0.15, 0.2) is 36.9 Å². The average Bonchev–Trinajstić information content (AvgIpc) is 2.74. The fraction of sp³-hybridized carbons (Fsp3) is 0.565. The third-order valence-corrected chi connectivity index (χ3v) is 5.39. The number of nitrogens with zero attached hydrogens (tertiary/aromatic N) is 6. The second kappa shape index (κ2) is 9.94. The van der Waals surface area contributed by atoms with Crippen molar-refractivity contribution in [1.29, 1.82) is 0 Å². The molecule has 0 aromatic carbocycles. The van der Waals surface area contributed by atoms with Crippen LogP contribution in [0.3, 0.4) is 0 Å². The van der Waals surface area contributed by atoms with Gasteiger partial charge in [0.05, 0.1) is 0 Å². The molecule has 31 heavy (non-hydrogen) atoms. The van der Waals surface area contributed by atoms with Crippen LogP contribution in [-0.2, 0) is 4.74 Å². The number of hydrogen-bond acceptors (Lipinski definition) is 7. The van der Waals surface area contributed by atoms with E-state index < -0.39 is 5.60 Å². The summed E-state index contributed by atoms with van der Waals surface area (Å²) in [7, 11) is 2.06. The Hall–Kier alpha value is -2.90. The summed E-state index contributed by atoms with van der Waals surface area (Å²) in [5.41, 5.74) is 0.598. The molecule has 8 nitrogen and oxygen atoms in total. The first-order valence-corrected chi connectivity index (χ1v) is 11.0. The molecule has 2 aromatic rings. The van der Waals surface area contributed by atoms with E-state index in [1.165, 1.54) is 0 Å². The van der Waals surface area contributed by atoms with Crippen LogP contribution < -0.4 is 9.80 Å². The van der Waals surface area contributed by atoms with Crippen LogP contribution in [0.4, 0.5) is 22.1 Å². The van der Waals surface area contributed by atoms with Crippen LogP contribution in [-0.4, -0.2) is 64.8 Å². The van der Waals surface area contributed by atoms with Gasteiger partial charge in [0.15, 0.2) is 0 Å². The number of pyridine rings is 1. The molecule has 8 heteroatoms. The predicted octanol–water partition coefficient (Wildman–Crippen LogP) is 4.11. The van der Waals surface area contributed by atoms with Crippen molar-refractivity contribution in [3.63, 3.8) is 0 Å². The number of amides is 1. The normalized spacial score (nSPS) is 14.9. The Bertz CT molecular complexity index is 847. The van der Waals surface area contributed by atoms with Gasteiger partial charge < -0.3 is 19.4 Å². The van der Waals surface area contributed by atoms with Crippen molar-refractivity contribution in [2.24, 2.45) is 5.92 Å². The second-order valence-electron chi connectivity index (χ2n) is 8.98. The SMILES string of the molecule is CCN(c1ccncc1)c1cc(N(C)CC2CCN(C(=O)OC(C)(C)C)CC2)ncn1. The highest BCUT2D eigenvalue weighted by atomic mass is 16.6. The Kier molecular flexibility index (Phi) is 7.30. The smallest absolute Gasteiger partial charge is 0.410 e. The molecule has 0 saturated carbocycles. The zero-order valence-electron chi connectivity index (χ0n) is 19.3. The van der Waals surface area contributed by atoms with Crippen LogP contribution in [0.5, 0.6) is 0 Å². The van der Waals surface area contributed by atoms with E-state index in [-0.39, 0.29) is 6.09 Å². The van der Waals surface area contributed by atoms with Crippen molar-refractivity contribution >= 4 is 23.4 Å². The lowest BCUT2D eigenvalue weighted by Gasteiger charge is -2.35. The molecule has 1 amide bonds. The molecule has 0 unspecified atom stereocenters. The zero-order chi connectivity index (χ0) is 22.4. The molecule has 3 heterocycles. The molecule has 3 rings (SSSR count). The third kappa shape index (κ3) is 6.29. The van der Waals surface area contributed by atoms with Gasteiger partial charge in [-0.15, -0.1) is 0 Å². The van der Waals surface area contributed by atoms with Gasteiger partial charge >= 0.3 is 6.09 Å². The molecule has 0 radical (unpaired) electrons. The van der Waals surface area contributed by atoms with Crippen LogP contribution >= 0.6 is 0 Å². The van der Waals surface area contributed by atoms with Gasteiger partial charge in [0.2, 0.25) is 0 Å². The van der Waals surface area contributed by atoms with Crippen molar-refractivity contribution in [2.75, 3.05) is 43.0 Å². The molecule has 0 N–H and O–H groups in total. The van der Waals surface area contributed by atoms with Crippen molar-refractivity contribution in [3.05, 3.63) is 36.9 Å². The van der Waals surface area contributed by atoms with Crippen molar-refractivity contribution in [1.82, 2.24) is 19.9 Å². The van der Waals surface area contributed by atoms with Gasteiger partial charge in [0, 0.05) is 57.4 Å². The van der Waals surface area contributed by atoms with E-state index in [1.54, 1.807) is 18.7 Å². The Morgan fingerprint density at radius 3 is 2.42 bits per heavy atom. The number of piperidine rings is 1. The fourth-order valence-electron chi connectivity index (χ4n) is 3.80. The summed E-state index contributed by atoms with van der Waals surface area (Å²) in [4.78, 5) is 31.5. The molecule has 0 spiro atoms. The minimum absolute atomic E-state index is 0.212. The maximum absolute atomic E-state index is 12.3. The summed E-state index contributed by atoms with van der Waals surface area (Å²) < 4.78 is 5.50. The number of anilines is 3. The largest absolute Gasteiger partial charge is 0.444 e. The Morgan fingerprint density at radius 1 is 1.16 bits per heavy atom. The number of carbonyl (C=O) groups excluding carboxylic acids is 1. The highest BCUT2D eigenvalue weighted by Crippen LogP contribution is 2.26. The third-order valence-electron chi connectivity index (χ3n) is 5.39. The molecule has 1 aliphatic rings. The summed E-state index contributed by atoms with van der Waals surface area (Å²) in [6.45, 7) is 10.9. The highest BCUT2D eigenvalue weighted by Gasteiger charge is 2.27. The van der Waals surface area contributed by atoms with E-state index in [2.05, 4.69) is 38.7 Å². The molecule has 168 valence electrons. The monoisotopic (exact) mass is 426 g/mol. The Morgan fingerprint density at radius 2 is 1.81 bits per heavy atom. The van der Waals surface area contributed by atoms with E-state index in [4.69, 9.17) is 4.74 Å². The maximum Gasteiger partial charge on any atom is 0.410 e. The second-order valence-corrected chi connectivity index (χ2v) is 8.98. The standard InChI is InChI=1S/C23H34N6O2/c1-6-29(19-7-11-24-12-8-19)21-15-20(25-17-26-21)27(5)16-18-9-13-28(14-10-18)22(30)31-23(2,3)4/h7-8,11-12,15,17-18H,6,9-10,13-14,16H2,1-5H3. The van der Waals surface area contributed by atoms with Gasteiger partial charge in [-0.25, -0.2) is 14.8 Å². The zero-order valence-corrected chi connectivity index (χ0v) is 19.3. The number of ether oxygens (including phenoxy) is 1. The molecule has 0 bridgehead atoms. The van der Waals surface area contributed by atoms with Gasteiger partial charge in [-0.3, -0.25) is 4.98 Å². The lowest BCUT2D eigenvalue weighted by Crippen LogP contribution is -2.43. The van der Waals surface area contributed by atoms with Crippen LogP contribution in [0.25, 0.3) is 0 Å². The number of carbonyl (C=O) groups is 1. The summed E-state index contributed by atoms with van der Waals surface area (Å²) in [6.07, 6.45) is 6.90. The first kappa shape index (κ1) is 22.8. The first-order chi connectivity index (χ1) is 14.8. The number of aromatic nitrogens is 3. The lowest BCUT2D eigenvalue weighted by molar-refractivity contribution is 0.0186. The molecule has 0 atom stereocenters. The van der Waals surface area contributed by atoms with E-state index >= 15 is 0 Å². The number of hydrogen-bond donors (Lipinski definition) is 0. The molecule has 1 fully saturated rings. The summed E-state index contributed by atoms with van der Waals surface area (Å²) in [6, 6.07) is 5.99.